The Morgan fingerprint density at radius 3 is 2.38 bits per heavy atom. The minimum absolute atomic E-state index is 0.00506. The van der Waals surface area contributed by atoms with Crippen LogP contribution < -0.4 is 0 Å². The number of carbonyl (C=O) groups is 2. The fraction of sp³-hybridized carbons (Fsp3) is 0.421. The number of rotatable bonds is 7. The van der Waals surface area contributed by atoms with E-state index >= 15 is 0 Å². The number of piperazine rings is 1. The molecule has 29 heavy (non-hydrogen) atoms. The third-order valence-corrected chi connectivity index (χ3v) is 6.65. The topological polar surface area (TPSA) is 102 Å². The Bertz CT molecular complexity index is 933. The maximum atomic E-state index is 12.8. The van der Waals surface area contributed by atoms with Gasteiger partial charge < -0.3 is 14.2 Å². The van der Waals surface area contributed by atoms with Crippen LogP contribution in [0.25, 0.3) is 0 Å². The zero-order valence-electron chi connectivity index (χ0n) is 16.2. The molecule has 156 valence electrons. The molecular weight excluding hydrogens is 396 g/mol. The van der Waals surface area contributed by atoms with Crippen LogP contribution in [0.2, 0.25) is 0 Å². The predicted octanol–water partition coefficient (Wildman–Crippen LogP) is 0.983. The van der Waals surface area contributed by atoms with Crippen LogP contribution >= 0.6 is 0 Å². The first-order chi connectivity index (χ1) is 13.9. The van der Waals surface area contributed by atoms with Gasteiger partial charge in [0.15, 0.2) is 0 Å². The standard InChI is InChI=1S/C19H24N4O5S/c1-2-28-19(25)16-3-5-17(6-4-16)29(26,27)23-13-11-22(12-14-23)18(24)7-9-21-10-8-20-15-21/h3-6,8,10,15H,2,7,9,11-14H2,1H3. The van der Waals surface area contributed by atoms with Crippen molar-refractivity contribution in [2.24, 2.45) is 0 Å². The number of nitrogens with zero attached hydrogens (tertiary/aromatic N) is 4. The molecule has 1 amide bonds. The molecule has 1 aromatic carbocycles. The van der Waals surface area contributed by atoms with Gasteiger partial charge in [0.2, 0.25) is 15.9 Å². The highest BCUT2D eigenvalue weighted by Gasteiger charge is 2.30. The summed E-state index contributed by atoms with van der Waals surface area (Å²) in [7, 11) is -3.68. The van der Waals surface area contributed by atoms with Crippen molar-refractivity contribution < 1.29 is 22.7 Å². The number of imidazole rings is 1. The van der Waals surface area contributed by atoms with E-state index in [1.165, 1.54) is 28.6 Å². The van der Waals surface area contributed by atoms with Gasteiger partial charge in [0.25, 0.3) is 0 Å². The van der Waals surface area contributed by atoms with Gasteiger partial charge in [-0.05, 0) is 31.2 Å². The third kappa shape index (κ3) is 5.01. The third-order valence-electron chi connectivity index (χ3n) is 4.74. The number of sulfonamides is 1. The first-order valence-electron chi connectivity index (χ1n) is 9.42. The van der Waals surface area contributed by atoms with E-state index in [-0.39, 0.29) is 30.5 Å². The van der Waals surface area contributed by atoms with Crippen LogP contribution in [0.3, 0.4) is 0 Å². The summed E-state index contributed by atoms with van der Waals surface area (Å²) in [4.78, 5) is 29.8. The van der Waals surface area contributed by atoms with Gasteiger partial charge >= 0.3 is 5.97 Å². The molecule has 0 saturated carbocycles. The molecular formula is C19H24N4O5S. The van der Waals surface area contributed by atoms with Gasteiger partial charge in [-0.15, -0.1) is 0 Å². The number of aryl methyl sites for hydroxylation is 1. The Kier molecular flexibility index (Phi) is 6.65. The van der Waals surface area contributed by atoms with E-state index in [1.54, 1.807) is 30.5 Å². The van der Waals surface area contributed by atoms with Crippen molar-refractivity contribution in [3.05, 3.63) is 48.5 Å². The maximum absolute atomic E-state index is 12.8. The molecule has 0 bridgehead atoms. The second kappa shape index (κ2) is 9.19. The largest absolute Gasteiger partial charge is 0.462 e. The quantitative estimate of drug-likeness (QED) is 0.619. The summed E-state index contributed by atoms with van der Waals surface area (Å²) in [5, 5.41) is 0. The summed E-state index contributed by atoms with van der Waals surface area (Å²) in [5.41, 5.74) is 0.305. The number of hydrogen-bond acceptors (Lipinski definition) is 6. The van der Waals surface area contributed by atoms with Crippen molar-refractivity contribution in [2.75, 3.05) is 32.8 Å². The molecule has 1 saturated heterocycles. The van der Waals surface area contributed by atoms with E-state index in [9.17, 15) is 18.0 Å². The molecule has 1 aliphatic rings. The number of esters is 1. The lowest BCUT2D eigenvalue weighted by atomic mass is 10.2. The number of benzene rings is 1. The Hall–Kier alpha value is -2.72. The van der Waals surface area contributed by atoms with E-state index in [0.29, 0.717) is 31.6 Å². The van der Waals surface area contributed by atoms with Crippen LogP contribution in [-0.2, 0) is 26.1 Å². The average Bonchev–Trinajstić information content (AvgIpc) is 3.26. The minimum atomic E-state index is -3.68. The van der Waals surface area contributed by atoms with Gasteiger partial charge in [0, 0.05) is 51.5 Å². The van der Waals surface area contributed by atoms with Crippen molar-refractivity contribution in [1.29, 1.82) is 0 Å². The van der Waals surface area contributed by atoms with Gasteiger partial charge in [-0.1, -0.05) is 0 Å². The highest BCUT2D eigenvalue weighted by Crippen LogP contribution is 2.19. The molecule has 0 N–H and O–H groups in total. The summed E-state index contributed by atoms with van der Waals surface area (Å²) in [6.07, 6.45) is 5.46. The lowest BCUT2D eigenvalue weighted by molar-refractivity contribution is -0.132. The van der Waals surface area contributed by atoms with E-state index in [0.717, 1.165) is 0 Å². The Morgan fingerprint density at radius 2 is 1.79 bits per heavy atom. The highest BCUT2D eigenvalue weighted by atomic mass is 32.2. The lowest BCUT2D eigenvalue weighted by Gasteiger charge is -2.34. The van der Waals surface area contributed by atoms with Crippen LogP contribution in [0.1, 0.15) is 23.7 Å². The second-order valence-electron chi connectivity index (χ2n) is 6.58. The fourth-order valence-electron chi connectivity index (χ4n) is 3.11. The number of hydrogen-bond donors (Lipinski definition) is 0. The van der Waals surface area contributed by atoms with Crippen LogP contribution in [0.5, 0.6) is 0 Å². The summed E-state index contributed by atoms with van der Waals surface area (Å²) >= 11 is 0. The van der Waals surface area contributed by atoms with Gasteiger partial charge in [-0.25, -0.2) is 18.2 Å². The van der Waals surface area contributed by atoms with Gasteiger partial charge in [-0.2, -0.15) is 4.31 Å². The Morgan fingerprint density at radius 1 is 1.10 bits per heavy atom. The first kappa shape index (κ1) is 21.0. The molecule has 0 aliphatic carbocycles. The molecule has 0 unspecified atom stereocenters. The predicted molar refractivity (Wildman–Crippen MR) is 105 cm³/mol. The SMILES string of the molecule is CCOC(=O)c1ccc(S(=O)(=O)N2CCN(C(=O)CCn3ccnc3)CC2)cc1. The van der Waals surface area contributed by atoms with Crippen molar-refractivity contribution >= 4 is 21.9 Å². The molecule has 1 aliphatic heterocycles. The number of ether oxygens (including phenoxy) is 1. The first-order valence-corrected chi connectivity index (χ1v) is 10.9. The molecule has 1 fully saturated rings. The summed E-state index contributed by atoms with van der Waals surface area (Å²) in [6.45, 7) is 3.68. The number of aromatic nitrogens is 2. The Balaban J connectivity index is 1.56. The molecule has 2 heterocycles. The molecule has 0 radical (unpaired) electrons. The van der Waals surface area contributed by atoms with Gasteiger partial charge in [-0.3, -0.25) is 4.79 Å². The van der Waals surface area contributed by atoms with Gasteiger partial charge in [0.1, 0.15) is 0 Å². The monoisotopic (exact) mass is 420 g/mol. The van der Waals surface area contributed by atoms with Crippen LogP contribution in [0.4, 0.5) is 0 Å². The normalized spacial score (nSPS) is 15.3. The van der Waals surface area contributed by atoms with E-state index in [4.69, 9.17) is 4.74 Å². The zero-order chi connectivity index (χ0) is 20.9. The molecule has 0 atom stereocenters. The summed E-state index contributed by atoms with van der Waals surface area (Å²) in [5.74, 6) is -0.492. The van der Waals surface area contributed by atoms with Crippen molar-refractivity contribution in [3.63, 3.8) is 0 Å². The fourth-order valence-corrected chi connectivity index (χ4v) is 4.53. The molecule has 1 aromatic heterocycles. The molecule has 10 heteroatoms. The van der Waals surface area contributed by atoms with Crippen molar-refractivity contribution in [3.8, 4) is 0 Å². The second-order valence-corrected chi connectivity index (χ2v) is 8.52. The summed E-state index contributed by atoms with van der Waals surface area (Å²) < 4.78 is 33.8. The molecule has 0 spiro atoms. The van der Waals surface area contributed by atoms with E-state index < -0.39 is 16.0 Å². The maximum Gasteiger partial charge on any atom is 0.338 e. The highest BCUT2D eigenvalue weighted by molar-refractivity contribution is 7.89. The Labute approximate surface area is 169 Å². The van der Waals surface area contributed by atoms with E-state index in [2.05, 4.69) is 4.98 Å². The van der Waals surface area contributed by atoms with E-state index in [1.807, 2.05) is 4.57 Å². The average molecular weight is 420 g/mol. The lowest BCUT2D eigenvalue weighted by Crippen LogP contribution is -2.50. The van der Waals surface area contributed by atoms with Crippen LogP contribution in [-0.4, -0.2) is 71.8 Å². The summed E-state index contributed by atoms with van der Waals surface area (Å²) in [6, 6.07) is 5.70. The molecule has 3 rings (SSSR count). The molecule has 9 nitrogen and oxygen atoms in total. The molecule has 2 aromatic rings. The number of amides is 1. The minimum Gasteiger partial charge on any atom is -0.462 e. The van der Waals surface area contributed by atoms with Crippen molar-refractivity contribution in [1.82, 2.24) is 18.8 Å². The number of carbonyl (C=O) groups excluding carboxylic acids is 2. The van der Waals surface area contributed by atoms with Crippen molar-refractivity contribution in [2.45, 2.75) is 24.8 Å². The van der Waals surface area contributed by atoms with Gasteiger partial charge in [0.05, 0.1) is 23.4 Å². The smallest absolute Gasteiger partial charge is 0.338 e. The van der Waals surface area contributed by atoms with Crippen LogP contribution in [0, 0.1) is 0 Å². The zero-order valence-corrected chi connectivity index (χ0v) is 17.0. The van der Waals surface area contributed by atoms with Crippen LogP contribution in [0.15, 0.2) is 47.9 Å².